The monoisotopic (exact) mass is 233 g/mol. The number of hydrogen-bond acceptors (Lipinski definition) is 1. The Kier molecular flexibility index (Phi) is 5.85. The van der Waals surface area contributed by atoms with Crippen molar-refractivity contribution in [2.24, 2.45) is 4.52 Å². The Hall–Kier alpha value is -1.03. The second kappa shape index (κ2) is 7.29. The van der Waals surface area contributed by atoms with E-state index in [-0.39, 0.29) is 0 Å². The van der Waals surface area contributed by atoms with Crippen molar-refractivity contribution >= 4 is 23.8 Å². The fourth-order valence-electron chi connectivity index (χ4n) is 1.06. The van der Waals surface area contributed by atoms with E-state index in [0.29, 0.717) is 0 Å². The predicted octanol–water partition coefficient (Wildman–Crippen LogP) is 4.69. The topological polar surface area (TPSA) is 12.4 Å². The Morgan fingerprint density at radius 3 is 2.67 bits per heavy atom. The summed E-state index contributed by atoms with van der Waals surface area (Å²) in [5.74, 6) is 0. The van der Waals surface area contributed by atoms with E-state index in [0.717, 1.165) is 13.7 Å². The Morgan fingerprint density at radius 2 is 2.07 bits per heavy atom. The molecule has 0 saturated heterocycles. The normalized spacial score (nSPS) is 12.5. The van der Waals surface area contributed by atoms with Crippen LogP contribution in [-0.4, -0.2) is 0 Å². The molecule has 1 rings (SSSR count). The van der Waals surface area contributed by atoms with Gasteiger partial charge >= 0.3 is 0 Å². The molecule has 0 aliphatic rings. The lowest BCUT2D eigenvalue weighted by Gasteiger charge is -1.94. The molecule has 15 heavy (non-hydrogen) atoms. The third-order valence-electron chi connectivity index (χ3n) is 1.69. The molecule has 0 heterocycles. The summed E-state index contributed by atoms with van der Waals surface area (Å²) < 4.78 is 4.02. The molecule has 0 N–H and O–H groups in total. The van der Waals surface area contributed by atoms with Crippen molar-refractivity contribution in [3.05, 3.63) is 66.0 Å². The van der Waals surface area contributed by atoms with Crippen LogP contribution in [0.5, 0.6) is 0 Å². The molecule has 1 atom stereocenters. The van der Waals surface area contributed by atoms with Crippen molar-refractivity contribution in [1.29, 1.82) is 0 Å². The van der Waals surface area contributed by atoms with Gasteiger partial charge < -0.3 is 0 Å². The minimum absolute atomic E-state index is 0.941. The van der Waals surface area contributed by atoms with Gasteiger partial charge in [-0.3, -0.25) is 0 Å². The Balaban J connectivity index is 2.93. The van der Waals surface area contributed by atoms with E-state index in [1.54, 1.807) is 6.08 Å². The maximum absolute atomic E-state index is 4.02. The van der Waals surface area contributed by atoms with Crippen molar-refractivity contribution in [3.63, 3.8) is 0 Å². The first kappa shape index (κ1) is 12.0. The predicted molar refractivity (Wildman–Crippen MR) is 72.8 cm³/mol. The van der Waals surface area contributed by atoms with Gasteiger partial charge in [-0.1, -0.05) is 49.1 Å². The summed E-state index contributed by atoms with van der Waals surface area (Å²) in [4.78, 5) is 0. The summed E-state index contributed by atoms with van der Waals surface area (Å²) >= 11 is 0. The highest BCUT2D eigenvalue weighted by molar-refractivity contribution is 7.39. The molecule has 0 spiro atoms. The van der Waals surface area contributed by atoms with Crippen molar-refractivity contribution in [3.8, 4) is 0 Å². The fraction of sp³-hybridized carbons (Fsp3) is 0. The van der Waals surface area contributed by atoms with Gasteiger partial charge in [0.05, 0.1) is 0 Å². The number of rotatable bonds is 4. The zero-order chi connectivity index (χ0) is 10.9. The molecule has 0 aliphatic heterocycles. The molecule has 1 aromatic rings. The Labute approximate surface area is 94.8 Å². The van der Waals surface area contributed by atoms with Crippen LogP contribution in [0.4, 0.5) is 0 Å². The van der Waals surface area contributed by atoms with Gasteiger partial charge in [0.15, 0.2) is 0 Å². The van der Waals surface area contributed by atoms with E-state index in [2.05, 4.69) is 38.7 Å². The summed E-state index contributed by atoms with van der Waals surface area (Å²) in [6, 6.07) is 10.2. The number of benzene rings is 1. The number of hydrogen-bond donors (Lipinski definition) is 0. The van der Waals surface area contributed by atoms with Crippen LogP contribution in [0.3, 0.4) is 0 Å². The smallest absolute Gasteiger partial charge is 0.0432 e. The molecule has 0 aromatic heterocycles. The lowest BCUT2D eigenvalue weighted by Crippen LogP contribution is -1.70. The zero-order valence-electron chi connectivity index (χ0n) is 8.38. The summed E-state index contributed by atoms with van der Waals surface area (Å²) in [6.45, 7) is 3.65. The van der Waals surface area contributed by atoms with Crippen LogP contribution in [0.1, 0.15) is 5.56 Å². The molecule has 0 saturated carbocycles. The first-order chi connectivity index (χ1) is 7.36. The molecule has 1 unspecified atom stereocenters. The van der Waals surface area contributed by atoms with Gasteiger partial charge in [-0.15, -0.1) is 0 Å². The van der Waals surface area contributed by atoms with Gasteiger partial charge in [0.25, 0.3) is 0 Å². The zero-order valence-corrected chi connectivity index (χ0v) is 10.4. The quantitative estimate of drug-likeness (QED) is 0.528. The highest BCUT2D eigenvalue weighted by atomic mass is 31.1. The van der Waals surface area contributed by atoms with E-state index in [4.69, 9.17) is 0 Å². The highest BCUT2D eigenvalue weighted by Gasteiger charge is 1.89. The SMILES string of the molecule is C=CC=CC(=Cc1ccccc1)P=NP. The summed E-state index contributed by atoms with van der Waals surface area (Å²) in [5.41, 5.74) is 1.18. The maximum atomic E-state index is 4.02. The average Bonchev–Trinajstić information content (AvgIpc) is 2.28. The van der Waals surface area contributed by atoms with Crippen LogP contribution in [0, 0.1) is 0 Å². The third-order valence-corrected chi connectivity index (χ3v) is 2.66. The third kappa shape index (κ3) is 4.83. The van der Waals surface area contributed by atoms with Crippen molar-refractivity contribution in [1.82, 2.24) is 0 Å². The van der Waals surface area contributed by atoms with Gasteiger partial charge in [-0.05, 0) is 27.1 Å². The van der Waals surface area contributed by atoms with E-state index >= 15 is 0 Å². The average molecular weight is 233 g/mol. The highest BCUT2D eigenvalue weighted by Crippen LogP contribution is 2.22. The van der Waals surface area contributed by atoms with Crippen LogP contribution in [-0.2, 0) is 0 Å². The molecule has 76 valence electrons. The fourth-order valence-corrected chi connectivity index (χ4v) is 1.96. The second-order valence-corrected chi connectivity index (χ2v) is 4.43. The minimum atomic E-state index is 0.941. The molecule has 3 heteroatoms. The van der Waals surface area contributed by atoms with Crippen LogP contribution in [0.25, 0.3) is 6.08 Å². The lowest BCUT2D eigenvalue weighted by molar-refractivity contribution is 1.66. The van der Waals surface area contributed by atoms with E-state index in [1.165, 1.54) is 5.56 Å². The molecule has 1 nitrogen and oxygen atoms in total. The van der Waals surface area contributed by atoms with Gasteiger partial charge in [-0.25, -0.2) is 4.52 Å². The van der Waals surface area contributed by atoms with Crippen molar-refractivity contribution in [2.75, 3.05) is 0 Å². The molecular formula is C12H13NP2. The lowest BCUT2D eigenvalue weighted by atomic mass is 10.2. The van der Waals surface area contributed by atoms with E-state index < -0.39 is 0 Å². The van der Waals surface area contributed by atoms with Gasteiger partial charge in [0, 0.05) is 13.7 Å². The maximum Gasteiger partial charge on any atom is 0.0432 e. The summed E-state index contributed by atoms with van der Waals surface area (Å²) in [6.07, 6.45) is 7.79. The second-order valence-electron chi connectivity index (χ2n) is 2.79. The molecule has 0 bridgehead atoms. The molecule has 0 amide bonds. The Morgan fingerprint density at radius 1 is 1.33 bits per heavy atom. The van der Waals surface area contributed by atoms with Crippen LogP contribution < -0.4 is 0 Å². The van der Waals surface area contributed by atoms with Crippen molar-refractivity contribution < 1.29 is 0 Å². The minimum Gasteiger partial charge on any atom is -0.247 e. The molecule has 1 aromatic carbocycles. The Bertz CT molecular complexity index is 391. The van der Waals surface area contributed by atoms with Crippen molar-refractivity contribution in [2.45, 2.75) is 0 Å². The molecule has 0 radical (unpaired) electrons. The van der Waals surface area contributed by atoms with E-state index in [9.17, 15) is 0 Å². The first-order valence-electron chi connectivity index (χ1n) is 4.53. The number of allylic oxidation sites excluding steroid dienone is 4. The van der Waals surface area contributed by atoms with Gasteiger partial charge in [0.2, 0.25) is 0 Å². The van der Waals surface area contributed by atoms with Gasteiger partial charge in [-0.2, -0.15) is 0 Å². The van der Waals surface area contributed by atoms with E-state index in [1.807, 2.05) is 30.4 Å². The van der Waals surface area contributed by atoms with Crippen LogP contribution in [0.2, 0.25) is 0 Å². The first-order valence-corrected chi connectivity index (χ1v) is 5.90. The molecule has 0 aliphatic carbocycles. The molecular weight excluding hydrogens is 220 g/mol. The largest absolute Gasteiger partial charge is 0.247 e. The summed E-state index contributed by atoms with van der Waals surface area (Å²) in [5, 5.41) is 1.14. The standard InChI is InChI=1S/C12H13NP2/c1-2-3-9-12(15-13-14)10-11-7-5-4-6-8-11/h2-10H,1,14H2. The van der Waals surface area contributed by atoms with Crippen LogP contribution in [0.15, 0.2) is 65.0 Å². The summed E-state index contributed by atoms with van der Waals surface area (Å²) in [7, 11) is 3.31. The van der Waals surface area contributed by atoms with Gasteiger partial charge in [0.1, 0.15) is 0 Å². The number of nitrogens with zero attached hydrogens (tertiary/aromatic N) is 1. The molecule has 0 fully saturated rings. The van der Waals surface area contributed by atoms with Crippen LogP contribution >= 0.6 is 17.8 Å².